The first-order valence-corrected chi connectivity index (χ1v) is 7.07. The Kier molecular flexibility index (Phi) is 7.22. The van der Waals surface area contributed by atoms with Crippen LogP contribution in [0.1, 0.15) is 19.8 Å². The van der Waals surface area contributed by atoms with Gasteiger partial charge in [0.1, 0.15) is 11.6 Å². The number of piperidine rings is 1. The molecular weight excluding hydrogens is 318 g/mol. The van der Waals surface area contributed by atoms with Gasteiger partial charge in [-0.2, -0.15) is 0 Å². The lowest BCUT2D eigenvalue weighted by atomic mass is 10.1. The summed E-state index contributed by atoms with van der Waals surface area (Å²) in [4.78, 5) is 12.0. The first-order chi connectivity index (χ1) is 9.56. The highest BCUT2D eigenvalue weighted by Crippen LogP contribution is 2.25. The van der Waals surface area contributed by atoms with Crippen molar-refractivity contribution in [1.29, 1.82) is 0 Å². The Balaban J connectivity index is 0.00000220. The van der Waals surface area contributed by atoms with Crippen molar-refractivity contribution in [2.45, 2.75) is 31.9 Å². The quantitative estimate of drug-likeness (QED) is 0.888. The Labute approximate surface area is 134 Å². The van der Waals surface area contributed by atoms with Crippen LogP contribution >= 0.6 is 24.0 Å². The van der Waals surface area contributed by atoms with Crippen LogP contribution in [0.25, 0.3) is 0 Å². The highest BCUT2D eigenvalue weighted by molar-refractivity contribution is 6.32. The van der Waals surface area contributed by atoms with Crippen LogP contribution in [0, 0.1) is 5.82 Å². The number of rotatable bonds is 4. The van der Waals surface area contributed by atoms with Gasteiger partial charge in [0.2, 0.25) is 0 Å². The highest BCUT2D eigenvalue weighted by Gasteiger charge is 2.21. The summed E-state index contributed by atoms with van der Waals surface area (Å²) in [6, 6.07) is 3.96. The maximum atomic E-state index is 12.9. The van der Waals surface area contributed by atoms with Gasteiger partial charge in [0, 0.05) is 12.6 Å². The van der Waals surface area contributed by atoms with E-state index < -0.39 is 11.9 Å². The Morgan fingerprint density at radius 3 is 2.95 bits per heavy atom. The summed E-state index contributed by atoms with van der Waals surface area (Å²) < 4.78 is 18.4. The van der Waals surface area contributed by atoms with Crippen molar-refractivity contribution in [2.24, 2.45) is 0 Å². The fraction of sp³-hybridized carbons (Fsp3) is 0.500. The minimum absolute atomic E-state index is 0. The second kappa shape index (κ2) is 8.41. The molecule has 1 aromatic carbocycles. The average molecular weight is 337 g/mol. The molecule has 1 heterocycles. The smallest absolute Gasteiger partial charge is 0.261 e. The van der Waals surface area contributed by atoms with Gasteiger partial charge in [0.05, 0.1) is 5.02 Å². The van der Waals surface area contributed by atoms with Gasteiger partial charge in [-0.25, -0.2) is 4.39 Å². The van der Waals surface area contributed by atoms with Crippen LogP contribution in [0.5, 0.6) is 5.75 Å². The van der Waals surface area contributed by atoms with Gasteiger partial charge in [0.25, 0.3) is 5.91 Å². The second-order valence-corrected chi connectivity index (χ2v) is 5.29. The Morgan fingerprint density at radius 2 is 2.33 bits per heavy atom. The third-order valence-corrected chi connectivity index (χ3v) is 3.51. The van der Waals surface area contributed by atoms with Crippen molar-refractivity contribution in [3.05, 3.63) is 29.0 Å². The van der Waals surface area contributed by atoms with E-state index in [1.165, 1.54) is 12.1 Å². The number of halogens is 3. The monoisotopic (exact) mass is 336 g/mol. The summed E-state index contributed by atoms with van der Waals surface area (Å²) in [5.41, 5.74) is 0. The average Bonchev–Trinajstić information content (AvgIpc) is 2.43. The van der Waals surface area contributed by atoms with E-state index in [2.05, 4.69) is 10.6 Å². The Hall–Kier alpha value is -1.04. The van der Waals surface area contributed by atoms with Gasteiger partial charge >= 0.3 is 0 Å². The van der Waals surface area contributed by atoms with Crippen LogP contribution in [-0.4, -0.2) is 31.1 Å². The number of hydrogen-bond acceptors (Lipinski definition) is 3. The predicted octanol–water partition coefficient (Wildman–Crippen LogP) is 2.54. The molecule has 0 saturated carbocycles. The van der Waals surface area contributed by atoms with Crippen LogP contribution in [0.4, 0.5) is 4.39 Å². The molecule has 2 atom stereocenters. The molecule has 4 nitrogen and oxygen atoms in total. The van der Waals surface area contributed by atoms with Crippen molar-refractivity contribution >= 4 is 29.9 Å². The molecule has 0 radical (unpaired) electrons. The van der Waals surface area contributed by atoms with E-state index >= 15 is 0 Å². The van der Waals surface area contributed by atoms with Gasteiger partial charge in [0.15, 0.2) is 6.10 Å². The lowest BCUT2D eigenvalue weighted by Crippen LogP contribution is -2.49. The molecule has 1 aliphatic rings. The van der Waals surface area contributed by atoms with Crippen LogP contribution in [-0.2, 0) is 4.79 Å². The summed E-state index contributed by atoms with van der Waals surface area (Å²) in [6.07, 6.45) is 1.33. The SMILES string of the molecule is CC(Oc1ccc(F)cc1Cl)C(=O)NC1CCCNC1.Cl. The molecule has 7 heteroatoms. The van der Waals surface area contributed by atoms with Crippen molar-refractivity contribution in [3.8, 4) is 5.75 Å². The number of ether oxygens (including phenoxy) is 1. The fourth-order valence-electron chi connectivity index (χ4n) is 2.11. The molecule has 1 fully saturated rings. The van der Waals surface area contributed by atoms with Crippen molar-refractivity contribution in [2.75, 3.05) is 13.1 Å². The molecule has 1 saturated heterocycles. The maximum Gasteiger partial charge on any atom is 0.261 e. The van der Waals surface area contributed by atoms with Crippen LogP contribution in [0.3, 0.4) is 0 Å². The summed E-state index contributed by atoms with van der Waals surface area (Å²) in [6.45, 7) is 3.41. The summed E-state index contributed by atoms with van der Waals surface area (Å²) >= 11 is 5.86. The molecule has 0 aromatic heterocycles. The van der Waals surface area contributed by atoms with E-state index in [1.807, 2.05) is 0 Å². The number of nitrogens with one attached hydrogen (secondary N) is 2. The normalized spacial score (nSPS) is 19.3. The maximum absolute atomic E-state index is 12.9. The number of carbonyl (C=O) groups excluding carboxylic acids is 1. The number of benzene rings is 1. The molecule has 0 spiro atoms. The van der Waals surface area contributed by atoms with Crippen molar-refractivity contribution in [1.82, 2.24) is 10.6 Å². The fourth-order valence-corrected chi connectivity index (χ4v) is 2.32. The summed E-state index contributed by atoms with van der Waals surface area (Å²) in [5.74, 6) is -0.329. The van der Waals surface area contributed by atoms with E-state index in [-0.39, 0.29) is 29.4 Å². The zero-order valence-electron chi connectivity index (χ0n) is 11.7. The number of hydrogen-bond donors (Lipinski definition) is 2. The highest BCUT2D eigenvalue weighted by atomic mass is 35.5. The van der Waals surface area contributed by atoms with Gasteiger partial charge in [-0.15, -0.1) is 12.4 Å². The van der Waals surface area contributed by atoms with Gasteiger partial charge < -0.3 is 15.4 Å². The molecule has 1 amide bonds. The zero-order chi connectivity index (χ0) is 14.5. The lowest BCUT2D eigenvalue weighted by Gasteiger charge is -2.25. The third kappa shape index (κ3) is 5.34. The summed E-state index contributed by atoms with van der Waals surface area (Å²) in [7, 11) is 0. The lowest BCUT2D eigenvalue weighted by molar-refractivity contribution is -0.128. The van der Waals surface area contributed by atoms with Gasteiger partial charge in [-0.05, 0) is 44.5 Å². The topological polar surface area (TPSA) is 50.4 Å². The van der Waals surface area contributed by atoms with Crippen LogP contribution in [0.2, 0.25) is 5.02 Å². The van der Waals surface area contributed by atoms with E-state index in [9.17, 15) is 9.18 Å². The van der Waals surface area contributed by atoms with Crippen molar-refractivity contribution in [3.63, 3.8) is 0 Å². The molecule has 2 N–H and O–H groups in total. The molecule has 2 rings (SSSR count). The molecule has 0 aliphatic carbocycles. The van der Waals surface area contributed by atoms with Gasteiger partial charge in [-0.3, -0.25) is 4.79 Å². The van der Waals surface area contributed by atoms with E-state index in [4.69, 9.17) is 16.3 Å². The van der Waals surface area contributed by atoms with Crippen molar-refractivity contribution < 1.29 is 13.9 Å². The molecule has 2 unspecified atom stereocenters. The number of carbonyl (C=O) groups is 1. The van der Waals surface area contributed by atoms with E-state index in [0.29, 0.717) is 5.75 Å². The second-order valence-electron chi connectivity index (χ2n) is 4.89. The first-order valence-electron chi connectivity index (χ1n) is 6.69. The van der Waals surface area contributed by atoms with Gasteiger partial charge in [-0.1, -0.05) is 11.6 Å². The van der Waals surface area contributed by atoms with E-state index in [0.717, 1.165) is 32.0 Å². The standard InChI is InChI=1S/C14H18ClFN2O2.ClH/c1-9(14(19)18-11-3-2-6-17-8-11)20-13-5-4-10(16)7-12(13)15;/h4-5,7,9,11,17H,2-3,6,8H2,1H3,(H,18,19);1H. The summed E-state index contributed by atoms with van der Waals surface area (Å²) in [5, 5.41) is 6.31. The third-order valence-electron chi connectivity index (χ3n) is 3.21. The van der Waals surface area contributed by atoms with Crippen LogP contribution in [0.15, 0.2) is 18.2 Å². The molecular formula is C14H19Cl2FN2O2. The first kappa shape index (κ1) is 18.0. The molecule has 118 valence electrons. The molecule has 0 bridgehead atoms. The molecule has 1 aliphatic heterocycles. The van der Waals surface area contributed by atoms with Crippen LogP contribution < -0.4 is 15.4 Å². The Morgan fingerprint density at radius 1 is 1.57 bits per heavy atom. The Bertz CT molecular complexity index is 482. The molecule has 1 aromatic rings. The zero-order valence-corrected chi connectivity index (χ0v) is 13.3. The minimum atomic E-state index is -0.681. The molecule has 21 heavy (non-hydrogen) atoms. The largest absolute Gasteiger partial charge is 0.479 e. The minimum Gasteiger partial charge on any atom is -0.479 e. The van der Waals surface area contributed by atoms with E-state index in [1.54, 1.807) is 6.92 Å². The number of amides is 1. The predicted molar refractivity (Wildman–Crippen MR) is 82.8 cm³/mol.